The molecule has 0 bridgehead atoms. The lowest BCUT2D eigenvalue weighted by Gasteiger charge is -2.25. The molecule has 0 saturated carbocycles. The van der Waals surface area contributed by atoms with Crippen molar-refractivity contribution in [3.05, 3.63) is 51.7 Å². The fraction of sp³-hybridized carbons (Fsp3) is 0.435. The highest BCUT2D eigenvalue weighted by Gasteiger charge is 2.35. The van der Waals surface area contributed by atoms with Crippen LogP contribution in [0.5, 0.6) is 0 Å². The first-order chi connectivity index (χ1) is 16.4. The molecule has 2 aliphatic rings. The Morgan fingerprint density at radius 2 is 2.12 bits per heavy atom. The van der Waals surface area contributed by atoms with Gasteiger partial charge in [0.05, 0.1) is 17.5 Å². The second-order valence-corrected chi connectivity index (χ2v) is 9.06. The number of nitrogens with zero attached hydrogens (tertiary/aromatic N) is 4. The molecule has 0 unspecified atom stereocenters. The molecule has 0 radical (unpaired) electrons. The predicted octanol–water partition coefficient (Wildman–Crippen LogP) is 2.34. The molecule has 5 N–H and O–H groups in total. The number of aryl methyl sites for hydroxylation is 1. The van der Waals surface area contributed by atoms with E-state index in [1.165, 1.54) is 12.3 Å². The molecule has 2 atom stereocenters. The molecule has 178 valence electrons. The molecule has 3 aromatic rings. The van der Waals surface area contributed by atoms with Crippen LogP contribution in [0.25, 0.3) is 0 Å². The van der Waals surface area contributed by atoms with Gasteiger partial charge in [0.25, 0.3) is 0 Å². The minimum absolute atomic E-state index is 0.183. The summed E-state index contributed by atoms with van der Waals surface area (Å²) in [5.74, 6) is 1.69. The van der Waals surface area contributed by atoms with Gasteiger partial charge in [0.15, 0.2) is 5.82 Å². The number of rotatable bonds is 6. The van der Waals surface area contributed by atoms with Crippen LogP contribution in [0.2, 0.25) is 0 Å². The lowest BCUT2D eigenvalue weighted by molar-refractivity contribution is -0.117. The molecular weight excluding hydrogens is 436 g/mol. The highest BCUT2D eigenvalue weighted by atomic mass is 16.3. The van der Waals surface area contributed by atoms with E-state index in [4.69, 9.17) is 9.97 Å². The monoisotopic (exact) mass is 464 g/mol. The Bertz CT molecular complexity index is 1250. The van der Waals surface area contributed by atoms with E-state index in [-0.39, 0.29) is 11.5 Å². The van der Waals surface area contributed by atoms with Gasteiger partial charge in [-0.25, -0.2) is 4.98 Å². The summed E-state index contributed by atoms with van der Waals surface area (Å²) >= 11 is 0. The Hall–Kier alpha value is -3.73. The summed E-state index contributed by atoms with van der Waals surface area (Å²) in [4.78, 5) is 38.3. The topological polar surface area (TPSA) is 152 Å². The standard InChI is InChI=1S/C23H28N8O3/c1-12(2)15-10-18(30-29-15)27-21-20-14(6-7-17(20)32)26-23(28-21)31-9-3-4-16(31)22(34)25-13-5-8-19(33)24-11-13/h5,8,10-12,16-17,32H,3-4,6-7,9H2,1-2H3,(H,24,33)(H,25,34)(H2,26,27,28,29,30)/t16-,17-/m1/s1. The van der Waals surface area contributed by atoms with E-state index in [1.54, 1.807) is 6.07 Å². The van der Waals surface area contributed by atoms with Gasteiger partial charge in [0.2, 0.25) is 17.4 Å². The average Bonchev–Trinajstić information content (AvgIpc) is 3.55. The SMILES string of the molecule is CC(C)c1cc(Nc2nc(N3CCC[C@@H]3C(=O)Nc3ccc(=O)[nH]c3)nc3c2[C@H](O)CC3)n[nH]1. The van der Waals surface area contributed by atoms with Crippen LogP contribution in [0.15, 0.2) is 29.2 Å². The number of anilines is 4. The summed E-state index contributed by atoms with van der Waals surface area (Å²) in [6.07, 6.45) is 3.54. The number of aromatic nitrogens is 5. The average molecular weight is 465 g/mol. The third-order valence-electron chi connectivity index (χ3n) is 6.33. The van der Waals surface area contributed by atoms with Crippen LogP contribution in [-0.2, 0) is 11.2 Å². The Kier molecular flexibility index (Phi) is 5.78. The summed E-state index contributed by atoms with van der Waals surface area (Å²) in [5.41, 5.74) is 2.76. The van der Waals surface area contributed by atoms with Crippen LogP contribution in [0.4, 0.5) is 23.3 Å². The number of carbonyl (C=O) groups is 1. The maximum absolute atomic E-state index is 13.0. The molecule has 11 nitrogen and oxygen atoms in total. The molecule has 1 aliphatic heterocycles. The largest absolute Gasteiger partial charge is 0.388 e. The zero-order valence-corrected chi connectivity index (χ0v) is 19.1. The number of aliphatic hydroxyl groups excluding tert-OH is 1. The highest BCUT2D eigenvalue weighted by molar-refractivity contribution is 5.96. The number of pyridine rings is 1. The Labute approximate surface area is 196 Å². The van der Waals surface area contributed by atoms with Gasteiger partial charge in [-0.15, -0.1) is 0 Å². The van der Waals surface area contributed by atoms with Crippen LogP contribution in [0.1, 0.15) is 62.1 Å². The first-order valence-corrected chi connectivity index (χ1v) is 11.6. The Morgan fingerprint density at radius 1 is 1.26 bits per heavy atom. The number of H-pyrrole nitrogens is 2. The molecule has 1 fully saturated rings. The lowest BCUT2D eigenvalue weighted by Crippen LogP contribution is -2.40. The van der Waals surface area contributed by atoms with Gasteiger partial charge in [-0.3, -0.25) is 14.7 Å². The first kappa shape index (κ1) is 22.1. The van der Waals surface area contributed by atoms with Crippen LogP contribution in [0, 0.1) is 0 Å². The summed E-state index contributed by atoms with van der Waals surface area (Å²) in [5, 5.41) is 24.0. The second-order valence-electron chi connectivity index (χ2n) is 9.06. The molecule has 1 amide bonds. The quantitative estimate of drug-likeness (QED) is 0.373. The minimum Gasteiger partial charge on any atom is -0.388 e. The van der Waals surface area contributed by atoms with Crippen LogP contribution in [0.3, 0.4) is 0 Å². The van der Waals surface area contributed by atoms with Crippen molar-refractivity contribution in [3.63, 3.8) is 0 Å². The van der Waals surface area contributed by atoms with E-state index in [1.807, 2.05) is 11.0 Å². The maximum Gasteiger partial charge on any atom is 0.248 e. The first-order valence-electron chi connectivity index (χ1n) is 11.6. The third-order valence-corrected chi connectivity index (χ3v) is 6.33. The molecule has 11 heteroatoms. The number of nitrogens with one attached hydrogen (secondary N) is 4. The van der Waals surface area contributed by atoms with Crippen LogP contribution in [-0.4, -0.2) is 48.7 Å². The van der Waals surface area contributed by atoms with Crippen molar-refractivity contribution in [1.29, 1.82) is 0 Å². The number of hydrogen-bond acceptors (Lipinski definition) is 8. The molecule has 0 spiro atoms. The molecule has 0 aromatic carbocycles. The third kappa shape index (κ3) is 4.26. The molecule has 1 aliphatic carbocycles. The van der Waals surface area contributed by atoms with Crippen molar-refractivity contribution < 1.29 is 9.90 Å². The van der Waals surface area contributed by atoms with E-state index < -0.39 is 12.1 Å². The van der Waals surface area contributed by atoms with Gasteiger partial charge in [0, 0.05) is 36.1 Å². The van der Waals surface area contributed by atoms with E-state index in [0.29, 0.717) is 60.6 Å². The van der Waals surface area contributed by atoms with E-state index >= 15 is 0 Å². The smallest absolute Gasteiger partial charge is 0.248 e. The summed E-state index contributed by atoms with van der Waals surface area (Å²) < 4.78 is 0. The van der Waals surface area contributed by atoms with Crippen molar-refractivity contribution >= 4 is 29.2 Å². The normalized spacial score (nSPS) is 19.5. The van der Waals surface area contributed by atoms with Crippen LogP contribution >= 0.6 is 0 Å². The van der Waals surface area contributed by atoms with Gasteiger partial charge >= 0.3 is 0 Å². The van der Waals surface area contributed by atoms with Gasteiger partial charge < -0.3 is 25.6 Å². The van der Waals surface area contributed by atoms with E-state index in [9.17, 15) is 14.7 Å². The molecule has 34 heavy (non-hydrogen) atoms. The Morgan fingerprint density at radius 3 is 2.85 bits per heavy atom. The number of amides is 1. The second kappa shape index (κ2) is 8.90. The van der Waals surface area contributed by atoms with Crippen molar-refractivity contribution in [2.24, 2.45) is 0 Å². The van der Waals surface area contributed by atoms with E-state index in [0.717, 1.165) is 17.8 Å². The number of hydrogen-bond donors (Lipinski definition) is 5. The lowest BCUT2D eigenvalue weighted by atomic mass is 10.1. The molecule has 4 heterocycles. The van der Waals surface area contributed by atoms with Crippen molar-refractivity contribution in [2.75, 3.05) is 22.1 Å². The number of carbonyl (C=O) groups excluding carboxylic acids is 1. The summed E-state index contributed by atoms with van der Waals surface area (Å²) in [7, 11) is 0. The van der Waals surface area contributed by atoms with Gasteiger partial charge in [-0.05, 0) is 37.7 Å². The molecule has 1 saturated heterocycles. The van der Waals surface area contributed by atoms with Gasteiger partial charge in [-0.2, -0.15) is 10.1 Å². The van der Waals surface area contributed by atoms with Crippen LogP contribution < -0.4 is 21.1 Å². The molecular formula is C23H28N8O3. The maximum atomic E-state index is 13.0. The minimum atomic E-state index is -0.645. The number of aliphatic hydroxyl groups is 1. The van der Waals surface area contributed by atoms with Crippen molar-refractivity contribution in [3.8, 4) is 0 Å². The van der Waals surface area contributed by atoms with Gasteiger partial charge in [-0.1, -0.05) is 13.8 Å². The zero-order valence-electron chi connectivity index (χ0n) is 19.1. The number of aromatic amines is 2. The number of fused-ring (bicyclic) bond motifs is 1. The van der Waals surface area contributed by atoms with Gasteiger partial charge in [0.1, 0.15) is 11.9 Å². The summed E-state index contributed by atoms with van der Waals surface area (Å²) in [6.45, 7) is 4.80. The van der Waals surface area contributed by atoms with Crippen molar-refractivity contribution in [1.82, 2.24) is 25.1 Å². The highest BCUT2D eigenvalue weighted by Crippen LogP contribution is 2.38. The molecule has 5 rings (SSSR count). The fourth-order valence-corrected chi connectivity index (χ4v) is 4.50. The zero-order chi connectivity index (χ0) is 23.8. The van der Waals surface area contributed by atoms with Crippen molar-refractivity contribution in [2.45, 2.75) is 57.6 Å². The van der Waals surface area contributed by atoms with E-state index in [2.05, 4.69) is 39.7 Å². The fourth-order valence-electron chi connectivity index (χ4n) is 4.50. The Balaban J connectivity index is 1.43. The predicted molar refractivity (Wildman–Crippen MR) is 127 cm³/mol. The summed E-state index contributed by atoms with van der Waals surface area (Å²) in [6, 6.07) is 4.42. The molecule has 3 aromatic heterocycles.